The lowest BCUT2D eigenvalue weighted by molar-refractivity contribution is 0.0251. The van der Waals surface area contributed by atoms with E-state index in [4.69, 9.17) is 4.74 Å². The Bertz CT molecular complexity index is 542. The highest BCUT2D eigenvalue weighted by molar-refractivity contribution is 7.98. The maximum Gasteiger partial charge on any atom is 0.410 e. The second-order valence-electron chi connectivity index (χ2n) is 7.19. The molecule has 0 saturated carbocycles. The standard InChI is InChI=1S/C19H30N2O2S/c1-5-11-21(18(22)23-19(2,3)4)12-10-20-17-14-24-13-15-8-6-7-9-16(15)17/h6-9,17,20H,5,10-14H2,1-4H3. The number of carbonyl (C=O) groups is 1. The first-order valence-electron chi connectivity index (χ1n) is 8.77. The lowest BCUT2D eigenvalue weighted by Crippen LogP contribution is -2.41. The van der Waals surface area contributed by atoms with E-state index in [9.17, 15) is 4.79 Å². The fourth-order valence-electron chi connectivity index (χ4n) is 2.82. The topological polar surface area (TPSA) is 41.6 Å². The van der Waals surface area contributed by atoms with Crippen LogP contribution in [0.4, 0.5) is 4.79 Å². The Balaban J connectivity index is 1.88. The van der Waals surface area contributed by atoms with Crippen LogP contribution in [0.25, 0.3) is 0 Å². The van der Waals surface area contributed by atoms with E-state index >= 15 is 0 Å². The molecule has 1 N–H and O–H groups in total. The molecule has 5 heteroatoms. The number of carbonyl (C=O) groups excluding carboxylic acids is 1. The number of rotatable bonds is 6. The van der Waals surface area contributed by atoms with Crippen molar-refractivity contribution in [2.45, 2.75) is 51.5 Å². The van der Waals surface area contributed by atoms with Crippen LogP contribution in [0.1, 0.15) is 51.3 Å². The number of nitrogens with zero attached hydrogens (tertiary/aromatic N) is 1. The fraction of sp³-hybridized carbons (Fsp3) is 0.632. The Hall–Kier alpha value is -1.20. The van der Waals surface area contributed by atoms with Gasteiger partial charge in [-0.25, -0.2) is 4.79 Å². The molecule has 24 heavy (non-hydrogen) atoms. The second-order valence-corrected chi connectivity index (χ2v) is 8.22. The van der Waals surface area contributed by atoms with Crippen LogP contribution in [-0.2, 0) is 10.5 Å². The Morgan fingerprint density at radius 2 is 2.08 bits per heavy atom. The van der Waals surface area contributed by atoms with Gasteiger partial charge in [-0.05, 0) is 38.3 Å². The molecule has 0 radical (unpaired) electrons. The van der Waals surface area contributed by atoms with Crippen LogP contribution in [-0.4, -0.2) is 42.0 Å². The van der Waals surface area contributed by atoms with E-state index < -0.39 is 5.60 Å². The van der Waals surface area contributed by atoms with Gasteiger partial charge < -0.3 is 15.0 Å². The van der Waals surface area contributed by atoms with Gasteiger partial charge >= 0.3 is 6.09 Å². The number of fused-ring (bicyclic) bond motifs is 1. The maximum absolute atomic E-state index is 12.3. The average molecular weight is 351 g/mol. The molecule has 0 spiro atoms. The summed E-state index contributed by atoms with van der Waals surface area (Å²) in [6.45, 7) is 9.98. The van der Waals surface area contributed by atoms with Crippen LogP contribution in [0.5, 0.6) is 0 Å². The highest BCUT2D eigenvalue weighted by Crippen LogP contribution is 2.31. The Morgan fingerprint density at radius 3 is 2.79 bits per heavy atom. The summed E-state index contributed by atoms with van der Waals surface area (Å²) >= 11 is 1.96. The quantitative estimate of drug-likeness (QED) is 0.834. The van der Waals surface area contributed by atoms with Gasteiger partial charge in [-0.1, -0.05) is 31.2 Å². The number of amides is 1. The molecular weight excluding hydrogens is 320 g/mol. The SMILES string of the molecule is CCCN(CCNC1CSCc2ccccc21)C(=O)OC(C)(C)C. The molecule has 0 saturated heterocycles. The van der Waals surface area contributed by atoms with Gasteiger partial charge in [0, 0.05) is 37.2 Å². The zero-order valence-corrected chi connectivity index (χ0v) is 16.1. The summed E-state index contributed by atoms with van der Waals surface area (Å²) in [6.07, 6.45) is 0.714. The van der Waals surface area contributed by atoms with Gasteiger partial charge in [0.15, 0.2) is 0 Å². The average Bonchev–Trinajstić information content (AvgIpc) is 2.52. The number of hydrogen-bond acceptors (Lipinski definition) is 4. The van der Waals surface area contributed by atoms with E-state index in [1.165, 1.54) is 11.1 Å². The smallest absolute Gasteiger partial charge is 0.410 e. The summed E-state index contributed by atoms with van der Waals surface area (Å²) in [5.74, 6) is 2.17. The Kier molecular flexibility index (Phi) is 6.99. The molecule has 1 aliphatic heterocycles. The molecule has 1 unspecified atom stereocenters. The highest BCUT2D eigenvalue weighted by atomic mass is 32.2. The van der Waals surface area contributed by atoms with Crippen molar-refractivity contribution in [3.63, 3.8) is 0 Å². The van der Waals surface area contributed by atoms with Crippen molar-refractivity contribution in [3.05, 3.63) is 35.4 Å². The molecule has 0 bridgehead atoms. The van der Waals surface area contributed by atoms with E-state index in [0.29, 0.717) is 12.6 Å². The summed E-state index contributed by atoms with van der Waals surface area (Å²) in [7, 11) is 0. The van der Waals surface area contributed by atoms with Crippen LogP contribution >= 0.6 is 11.8 Å². The maximum atomic E-state index is 12.3. The third-order valence-electron chi connectivity index (χ3n) is 3.89. The zero-order valence-electron chi connectivity index (χ0n) is 15.3. The van der Waals surface area contributed by atoms with E-state index in [1.54, 1.807) is 4.90 Å². The molecule has 1 aromatic carbocycles. The normalized spacial score (nSPS) is 17.2. The summed E-state index contributed by atoms with van der Waals surface area (Å²) in [4.78, 5) is 14.1. The molecule has 1 amide bonds. The van der Waals surface area contributed by atoms with Crippen molar-refractivity contribution in [3.8, 4) is 0 Å². The molecule has 4 nitrogen and oxygen atoms in total. The first kappa shape index (κ1) is 19.1. The molecular formula is C19H30N2O2S. The van der Waals surface area contributed by atoms with Crippen LogP contribution in [0.15, 0.2) is 24.3 Å². The molecule has 0 aromatic heterocycles. The second kappa shape index (κ2) is 8.77. The van der Waals surface area contributed by atoms with Crippen molar-refractivity contribution in [1.82, 2.24) is 10.2 Å². The van der Waals surface area contributed by atoms with Crippen molar-refractivity contribution < 1.29 is 9.53 Å². The van der Waals surface area contributed by atoms with E-state index in [-0.39, 0.29) is 6.09 Å². The van der Waals surface area contributed by atoms with Gasteiger partial charge in [-0.2, -0.15) is 11.8 Å². The van der Waals surface area contributed by atoms with Crippen LogP contribution in [0.2, 0.25) is 0 Å². The van der Waals surface area contributed by atoms with Crippen molar-refractivity contribution in [2.24, 2.45) is 0 Å². The van der Waals surface area contributed by atoms with Crippen molar-refractivity contribution in [2.75, 3.05) is 25.4 Å². The van der Waals surface area contributed by atoms with E-state index in [2.05, 4.69) is 36.5 Å². The van der Waals surface area contributed by atoms with E-state index in [1.807, 2.05) is 32.5 Å². The lowest BCUT2D eigenvalue weighted by Gasteiger charge is -2.29. The molecule has 1 atom stereocenters. The third-order valence-corrected chi connectivity index (χ3v) is 4.97. The molecule has 134 valence electrons. The molecule has 0 aliphatic carbocycles. The van der Waals surface area contributed by atoms with Gasteiger partial charge in [0.1, 0.15) is 5.60 Å². The molecule has 0 fully saturated rings. The molecule has 1 aromatic rings. The summed E-state index contributed by atoms with van der Waals surface area (Å²) in [6, 6.07) is 8.99. The van der Waals surface area contributed by atoms with Crippen molar-refractivity contribution >= 4 is 17.9 Å². The number of ether oxygens (including phenoxy) is 1. The predicted octanol–water partition coefficient (Wildman–Crippen LogP) is 4.21. The summed E-state index contributed by atoms with van der Waals surface area (Å²) < 4.78 is 5.51. The fourth-order valence-corrected chi connectivity index (χ4v) is 3.95. The highest BCUT2D eigenvalue weighted by Gasteiger charge is 2.23. The summed E-state index contributed by atoms with van der Waals surface area (Å²) in [5, 5.41) is 3.61. The first-order valence-corrected chi connectivity index (χ1v) is 9.93. The molecule has 1 aliphatic rings. The minimum Gasteiger partial charge on any atom is -0.444 e. The first-order chi connectivity index (χ1) is 11.4. The number of thioether (sulfide) groups is 1. The number of nitrogens with one attached hydrogen (secondary N) is 1. The number of hydrogen-bond donors (Lipinski definition) is 1. The van der Waals surface area contributed by atoms with Gasteiger partial charge in [-0.3, -0.25) is 0 Å². The van der Waals surface area contributed by atoms with Gasteiger partial charge in [0.05, 0.1) is 0 Å². The summed E-state index contributed by atoms with van der Waals surface area (Å²) in [5.41, 5.74) is 2.37. The minimum atomic E-state index is -0.449. The Labute approximate surface area is 150 Å². The molecule has 2 rings (SSSR count). The van der Waals surface area contributed by atoms with Crippen LogP contribution < -0.4 is 5.32 Å². The Morgan fingerprint density at radius 1 is 1.33 bits per heavy atom. The van der Waals surface area contributed by atoms with Crippen LogP contribution in [0, 0.1) is 0 Å². The van der Waals surface area contributed by atoms with Gasteiger partial charge in [-0.15, -0.1) is 0 Å². The largest absolute Gasteiger partial charge is 0.444 e. The predicted molar refractivity (Wildman–Crippen MR) is 101 cm³/mol. The van der Waals surface area contributed by atoms with E-state index in [0.717, 1.165) is 31.0 Å². The lowest BCUT2D eigenvalue weighted by atomic mass is 10.0. The van der Waals surface area contributed by atoms with Crippen LogP contribution in [0.3, 0.4) is 0 Å². The van der Waals surface area contributed by atoms with Crippen molar-refractivity contribution in [1.29, 1.82) is 0 Å². The minimum absolute atomic E-state index is 0.218. The third kappa shape index (κ3) is 5.71. The zero-order chi connectivity index (χ0) is 17.6. The number of benzene rings is 1. The van der Waals surface area contributed by atoms with Gasteiger partial charge in [0.2, 0.25) is 0 Å². The van der Waals surface area contributed by atoms with Gasteiger partial charge in [0.25, 0.3) is 0 Å². The molecule has 1 heterocycles. The monoisotopic (exact) mass is 350 g/mol.